The lowest BCUT2D eigenvalue weighted by molar-refractivity contribution is 0.0963. The molecule has 18 heavy (non-hydrogen) atoms. The van der Waals surface area contributed by atoms with Gasteiger partial charge >= 0.3 is 0 Å². The van der Waals surface area contributed by atoms with Gasteiger partial charge in [0.2, 0.25) is 0 Å². The van der Waals surface area contributed by atoms with E-state index in [9.17, 15) is 4.79 Å². The Bertz CT molecular complexity index is 458. The van der Waals surface area contributed by atoms with E-state index in [0.29, 0.717) is 5.56 Å². The number of hydrogen-bond acceptors (Lipinski definition) is 3. The molecule has 3 N–H and O–H groups in total. The number of benzene rings is 1. The predicted molar refractivity (Wildman–Crippen MR) is 74.8 cm³/mol. The topological polar surface area (TPSA) is 58.4 Å². The Kier molecular flexibility index (Phi) is 3.45. The van der Waals surface area contributed by atoms with Crippen LogP contribution < -0.4 is 16.0 Å². The van der Waals surface area contributed by atoms with E-state index in [1.807, 2.05) is 13.1 Å². The third kappa shape index (κ3) is 2.58. The lowest BCUT2D eigenvalue weighted by Crippen LogP contribution is -2.23. The molecule has 2 rings (SSSR count). The minimum absolute atomic E-state index is 0.0792. The van der Waals surface area contributed by atoms with Gasteiger partial charge in [-0.3, -0.25) is 4.79 Å². The van der Waals surface area contributed by atoms with E-state index in [1.54, 1.807) is 19.2 Å². The highest BCUT2D eigenvalue weighted by Crippen LogP contribution is 2.39. The van der Waals surface area contributed by atoms with Crippen molar-refractivity contribution in [2.45, 2.75) is 13.3 Å². The van der Waals surface area contributed by atoms with Gasteiger partial charge in [-0.15, -0.1) is 0 Å². The molecule has 1 aliphatic carbocycles. The molecule has 2 atom stereocenters. The van der Waals surface area contributed by atoms with Crippen LogP contribution in [0.3, 0.4) is 0 Å². The number of nitrogens with one attached hydrogen (secondary N) is 1. The standard InChI is InChI=1S/C14H21N3O/c1-9-6-11(9)8-17(3)13-7-10(14(18)16-2)4-5-12(13)15/h4-5,7,9,11H,6,8,15H2,1-3H3,(H,16,18). The molecule has 0 saturated heterocycles. The van der Waals surface area contributed by atoms with Crippen molar-refractivity contribution in [1.29, 1.82) is 0 Å². The van der Waals surface area contributed by atoms with Gasteiger partial charge in [-0.25, -0.2) is 0 Å². The Morgan fingerprint density at radius 3 is 2.78 bits per heavy atom. The number of nitrogen functional groups attached to an aromatic ring is 1. The largest absolute Gasteiger partial charge is 0.397 e. The van der Waals surface area contributed by atoms with E-state index in [0.717, 1.165) is 29.8 Å². The lowest BCUT2D eigenvalue weighted by Gasteiger charge is -2.21. The average Bonchev–Trinajstić information content (AvgIpc) is 3.04. The van der Waals surface area contributed by atoms with Crippen molar-refractivity contribution in [3.05, 3.63) is 23.8 Å². The predicted octanol–water partition coefficient (Wildman–Crippen LogP) is 1.72. The molecule has 0 heterocycles. The molecule has 1 aliphatic rings. The number of anilines is 2. The van der Waals surface area contributed by atoms with Crippen molar-refractivity contribution in [3.8, 4) is 0 Å². The molecule has 0 aromatic heterocycles. The van der Waals surface area contributed by atoms with Crippen LogP contribution in [0.5, 0.6) is 0 Å². The van der Waals surface area contributed by atoms with Crippen LogP contribution in [-0.2, 0) is 0 Å². The van der Waals surface area contributed by atoms with E-state index < -0.39 is 0 Å². The summed E-state index contributed by atoms with van der Waals surface area (Å²) in [4.78, 5) is 13.8. The summed E-state index contributed by atoms with van der Waals surface area (Å²) in [6.45, 7) is 3.27. The van der Waals surface area contributed by atoms with Crippen molar-refractivity contribution >= 4 is 17.3 Å². The number of nitrogens with two attached hydrogens (primary N) is 1. The first-order valence-electron chi connectivity index (χ1n) is 6.35. The number of carbonyl (C=O) groups excluding carboxylic acids is 1. The van der Waals surface area contributed by atoms with Gasteiger partial charge in [-0.2, -0.15) is 0 Å². The van der Waals surface area contributed by atoms with E-state index in [-0.39, 0.29) is 5.91 Å². The Morgan fingerprint density at radius 1 is 1.56 bits per heavy atom. The Labute approximate surface area is 108 Å². The van der Waals surface area contributed by atoms with Crippen LogP contribution in [-0.4, -0.2) is 26.5 Å². The number of nitrogens with zero attached hydrogens (tertiary/aromatic N) is 1. The number of carbonyl (C=O) groups is 1. The SMILES string of the molecule is CNC(=O)c1ccc(N)c(N(C)CC2CC2C)c1. The summed E-state index contributed by atoms with van der Waals surface area (Å²) in [6.07, 6.45) is 1.29. The number of rotatable bonds is 4. The zero-order valence-electron chi connectivity index (χ0n) is 11.2. The number of hydrogen-bond donors (Lipinski definition) is 2. The smallest absolute Gasteiger partial charge is 0.251 e. The van der Waals surface area contributed by atoms with Crippen LogP contribution in [0.15, 0.2) is 18.2 Å². The van der Waals surface area contributed by atoms with Crippen LogP contribution in [0, 0.1) is 11.8 Å². The molecule has 1 amide bonds. The summed E-state index contributed by atoms with van der Waals surface area (Å²) in [5.41, 5.74) is 8.30. The quantitative estimate of drug-likeness (QED) is 0.796. The van der Waals surface area contributed by atoms with Crippen LogP contribution in [0.4, 0.5) is 11.4 Å². The fourth-order valence-electron chi connectivity index (χ4n) is 2.26. The Hall–Kier alpha value is -1.71. The second kappa shape index (κ2) is 4.88. The van der Waals surface area contributed by atoms with Gasteiger partial charge < -0.3 is 16.0 Å². The van der Waals surface area contributed by atoms with Crippen molar-refractivity contribution < 1.29 is 4.79 Å². The summed E-state index contributed by atoms with van der Waals surface area (Å²) < 4.78 is 0. The molecular weight excluding hydrogens is 226 g/mol. The molecular formula is C14H21N3O. The lowest BCUT2D eigenvalue weighted by atomic mass is 10.1. The summed E-state index contributed by atoms with van der Waals surface area (Å²) in [5.74, 6) is 1.50. The molecule has 4 heteroatoms. The highest BCUT2D eigenvalue weighted by Gasteiger charge is 2.33. The van der Waals surface area contributed by atoms with Crippen LogP contribution in [0.2, 0.25) is 0 Å². The van der Waals surface area contributed by atoms with Gasteiger partial charge in [0.25, 0.3) is 5.91 Å². The van der Waals surface area contributed by atoms with Crippen LogP contribution in [0.1, 0.15) is 23.7 Å². The minimum Gasteiger partial charge on any atom is -0.397 e. The second-order valence-corrected chi connectivity index (χ2v) is 5.21. The van der Waals surface area contributed by atoms with Gasteiger partial charge in [0, 0.05) is 26.2 Å². The Morgan fingerprint density at radius 2 is 2.22 bits per heavy atom. The van der Waals surface area contributed by atoms with Gasteiger partial charge in [-0.1, -0.05) is 6.92 Å². The summed E-state index contributed by atoms with van der Waals surface area (Å²) in [6, 6.07) is 5.42. The molecule has 1 saturated carbocycles. The average molecular weight is 247 g/mol. The molecule has 0 spiro atoms. The number of amides is 1. The van der Waals surface area contributed by atoms with E-state index in [2.05, 4.69) is 17.1 Å². The molecule has 1 fully saturated rings. The third-order valence-electron chi connectivity index (χ3n) is 3.72. The van der Waals surface area contributed by atoms with E-state index >= 15 is 0 Å². The van der Waals surface area contributed by atoms with Gasteiger partial charge in [0.05, 0.1) is 11.4 Å². The first-order valence-corrected chi connectivity index (χ1v) is 6.35. The molecule has 2 unspecified atom stereocenters. The fraction of sp³-hybridized carbons (Fsp3) is 0.500. The van der Waals surface area contributed by atoms with Crippen molar-refractivity contribution in [1.82, 2.24) is 5.32 Å². The highest BCUT2D eigenvalue weighted by atomic mass is 16.1. The van der Waals surface area contributed by atoms with E-state index in [1.165, 1.54) is 6.42 Å². The molecule has 4 nitrogen and oxygen atoms in total. The molecule has 0 bridgehead atoms. The monoisotopic (exact) mass is 247 g/mol. The molecule has 0 aliphatic heterocycles. The van der Waals surface area contributed by atoms with Crippen molar-refractivity contribution in [2.75, 3.05) is 31.3 Å². The molecule has 98 valence electrons. The van der Waals surface area contributed by atoms with Gasteiger partial charge in [0.1, 0.15) is 0 Å². The first kappa shape index (κ1) is 12.7. The van der Waals surface area contributed by atoms with E-state index in [4.69, 9.17) is 5.73 Å². The highest BCUT2D eigenvalue weighted by molar-refractivity contribution is 5.96. The second-order valence-electron chi connectivity index (χ2n) is 5.21. The first-order chi connectivity index (χ1) is 8.52. The van der Waals surface area contributed by atoms with Crippen LogP contribution >= 0.6 is 0 Å². The maximum absolute atomic E-state index is 11.6. The zero-order chi connectivity index (χ0) is 13.3. The zero-order valence-corrected chi connectivity index (χ0v) is 11.2. The summed E-state index contributed by atoms with van der Waals surface area (Å²) >= 11 is 0. The third-order valence-corrected chi connectivity index (χ3v) is 3.72. The van der Waals surface area contributed by atoms with Crippen molar-refractivity contribution in [2.24, 2.45) is 11.8 Å². The maximum Gasteiger partial charge on any atom is 0.251 e. The molecule has 1 aromatic rings. The normalized spacial score (nSPS) is 21.5. The summed E-state index contributed by atoms with van der Waals surface area (Å²) in [7, 11) is 3.66. The Balaban J connectivity index is 2.17. The van der Waals surface area contributed by atoms with Gasteiger partial charge in [-0.05, 0) is 36.5 Å². The van der Waals surface area contributed by atoms with Gasteiger partial charge in [0.15, 0.2) is 0 Å². The molecule has 0 radical (unpaired) electrons. The summed E-state index contributed by atoms with van der Waals surface area (Å²) in [5, 5.41) is 2.63. The van der Waals surface area contributed by atoms with Crippen LogP contribution in [0.25, 0.3) is 0 Å². The fourth-order valence-corrected chi connectivity index (χ4v) is 2.26. The maximum atomic E-state index is 11.6. The molecule has 1 aromatic carbocycles. The van der Waals surface area contributed by atoms with Crippen molar-refractivity contribution in [3.63, 3.8) is 0 Å². The minimum atomic E-state index is -0.0792.